The number of fused-ring (bicyclic) bond motifs is 1. The Bertz CT molecular complexity index is 1100. The molecule has 0 aromatic heterocycles. The van der Waals surface area contributed by atoms with Crippen LogP contribution in [0, 0.1) is 5.92 Å². The molecule has 3 aromatic carbocycles. The van der Waals surface area contributed by atoms with Crippen molar-refractivity contribution in [1.82, 2.24) is 15.5 Å². The van der Waals surface area contributed by atoms with Gasteiger partial charge in [-0.15, -0.1) is 0 Å². The molecule has 1 heterocycles. The molecule has 0 bridgehead atoms. The maximum atomic E-state index is 13.2. The van der Waals surface area contributed by atoms with E-state index in [-0.39, 0.29) is 17.9 Å². The highest BCUT2D eigenvalue weighted by Gasteiger charge is 2.27. The lowest BCUT2D eigenvalue weighted by molar-refractivity contribution is -0.124. The molecule has 0 spiro atoms. The van der Waals surface area contributed by atoms with Gasteiger partial charge in [-0.3, -0.25) is 14.5 Å². The van der Waals surface area contributed by atoms with Gasteiger partial charge in [0.05, 0.1) is 0 Å². The minimum atomic E-state index is -0.540. The van der Waals surface area contributed by atoms with Crippen molar-refractivity contribution in [3.63, 3.8) is 0 Å². The van der Waals surface area contributed by atoms with Crippen LogP contribution in [0.15, 0.2) is 72.8 Å². The van der Waals surface area contributed by atoms with Crippen LogP contribution >= 0.6 is 0 Å². The second-order valence-electron chi connectivity index (χ2n) is 9.76. The van der Waals surface area contributed by atoms with Crippen LogP contribution in [0.4, 0.5) is 0 Å². The maximum absolute atomic E-state index is 13.2. The van der Waals surface area contributed by atoms with Gasteiger partial charge in [0.1, 0.15) is 6.04 Å². The number of nitrogens with one attached hydrogen (secondary N) is 2. The van der Waals surface area contributed by atoms with Gasteiger partial charge in [-0.25, -0.2) is 0 Å². The fourth-order valence-corrected chi connectivity index (χ4v) is 4.65. The van der Waals surface area contributed by atoms with Gasteiger partial charge >= 0.3 is 0 Å². The van der Waals surface area contributed by atoms with Crippen molar-refractivity contribution in [2.24, 2.45) is 5.92 Å². The first-order chi connectivity index (χ1) is 16.5. The summed E-state index contributed by atoms with van der Waals surface area (Å²) in [4.78, 5) is 28.6. The molecule has 1 aliphatic heterocycles. The standard InChI is InChI=1S/C29H35N3O2/c1-21(2)18-27(31-28(33)25-13-12-23-10-6-7-11-24(23)19-25)29(34)30-26-14-16-32(17-15-26)20-22-8-4-3-5-9-22/h3-13,19,21,26-27H,14-18,20H2,1-2H3,(H,30,34)(H,31,33)/t27-/m0/s1. The summed E-state index contributed by atoms with van der Waals surface area (Å²) in [7, 11) is 0. The normalized spacial score (nSPS) is 15.9. The van der Waals surface area contributed by atoms with Crippen LogP contribution < -0.4 is 10.6 Å². The topological polar surface area (TPSA) is 61.4 Å². The van der Waals surface area contributed by atoms with E-state index in [1.54, 1.807) is 0 Å². The summed E-state index contributed by atoms with van der Waals surface area (Å²) in [6, 6.07) is 23.7. The number of carbonyl (C=O) groups excluding carboxylic acids is 2. The van der Waals surface area contributed by atoms with Gasteiger partial charge in [-0.05, 0) is 53.6 Å². The summed E-state index contributed by atoms with van der Waals surface area (Å²) in [6.45, 7) is 7.00. The van der Waals surface area contributed by atoms with Crippen molar-refractivity contribution in [2.75, 3.05) is 13.1 Å². The molecule has 34 heavy (non-hydrogen) atoms. The second kappa shape index (κ2) is 11.3. The summed E-state index contributed by atoms with van der Waals surface area (Å²) in [5.74, 6) is 0.00829. The van der Waals surface area contributed by atoms with Crippen molar-refractivity contribution in [1.29, 1.82) is 0 Å². The molecular formula is C29H35N3O2. The average molecular weight is 458 g/mol. The SMILES string of the molecule is CC(C)C[C@H](NC(=O)c1ccc2ccccc2c1)C(=O)NC1CCN(Cc2ccccc2)CC1. The van der Waals surface area contributed by atoms with Crippen LogP contribution in [0.2, 0.25) is 0 Å². The summed E-state index contributed by atoms with van der Waals surface area (Å²) >= 11 is 0. The van der Waals surface area contributed by atoms with Crippen molar-refractivity contribution in [3.8, 4) is 0 Å². The molecule has 0 saturated carbocycles. The number of hydrogen-bond donors (Lipinski definition) is 2. The highest BCUT2D eigenvalue weighted by atomic mass is 16.2. The first-order valence-electron chi connectivity index (χ1n) is 12.3. The van der Waals surface area contributed by atoms with E-state index in [0.717, 1.165) is 43.2 Å². The minimum Gasteiger partial charge on any atom is -0.351 e. The Morgan fingerprint density at radius 3 is 2.29 bits per heavy atom. The highest BCUT2D eigenvalue weighted by Crippen LogP contribution is 2.17. The minimum absolute atomic E-state index is 0.0793. The quantitative estimate of drug-likeness (QED) is 0.512. The van der Waals surface area contributed by atoms with Crippen molar-refractivity contribution < 1.29 is 9.59 Å². The maximum Gasteiger partial charge on any atom is 0.251 e. The first-order valence-corrected chi connectivity index (χ1v) is 12.3. The molecule has 5 heteroatoms. The van der Waals surface area contributed by atoms with Gasteiger partial charge in [-0.1, -0.05) is 74.5 Å². The molecule has 2 amide bonds. The van der Waals surface area contributed by atoms with E-state index in [2.05, 4.69) is 53.6 Å². The van der Waals surface area contributed by atoms with E-state index in [1.807, 2.05) is 48.5 Å². The molecule has 0 aliphatic carbocycles. The smallest absolute Gasteiger partial charge is 0.251 e. The molecule has 3 aromatic rings. The van der Waals surface area contributed by atoms with Crippen molar-refractivity contribution >= 4 is 22.6 Å². The predicted molar refractivity (Wildman–Crippen MR) is 138 cm³/mol. The van der Waals surface area contributed by atoms with Crippen LogP contribution in [0.25, 0.3) is 10.8 Å². The monoisotopic (exact) mass is 457 g/mol. The predicted octanol–water partition coefficient (Wildman–Crippen LogP) is 4.77. The fourth-order valence-electron chi connectivity index (χ4n) is 4.65. The molecule has 1 aliphatic rings. The van der Waals surface area contributed by atoms with Crippen LogP contribution in [0.5, 0.6) is 0 Å². The molecule has 1 saturated heterocycles. The number of rotatable bonds is 8. The molecule has 1 atom stereocenters. The lowest BCUT2D eigenvalue weighted by Crippen LogP contribution is -2.52. The Hall–Kier alpha value is -3.18. The van der Waals surface area contributed by atoms with Crippen LogP contribution in [0.3, 0.4) is 0 Å². The third-order valence-electron chi connectivity index (χ3n) is 6.52. The Kier molecular flexibility index (Phi) is 7.96. The zero-order valence-corrected chi connectivity index (χ0v) is 20.2. The summed E-state index contributed by atoms with van der Waals surface area (Å²) in [6.07, 6.45) is 2.45. The van der Waals surface area contributed by atoms with Gasteiger partial charge in [0.15, 0.2) is 0 Å². The van der Waals surface area contributed by atoms with Crippen LogP contribution in [0.1, 0.15) is 49.0 Å². The lowest BCUT2D eigenvalue weighted by atomic mass is 10.00. The number of amides is 2. The number of carbonyl (C=O) groups is 2. The molecular weight excluding hydrogens is 422 g/mol. The van der Waals surface area contributed by atoms with E-state index < -0.39 is 6.04 Å². The average Bonchev–Trinajstić information content (AvgIpc) is 2.85. The molecule has 178 valence electrons. The first kappa shape index (κ1) is 24.0. The Morgan fingerprint density at radius 1 is 0.912 bits per heavy atom. The van der Waals surface area contributed by atoms with Gasteiger partial charge in [0.25, 0.3) is 5.91 Å². The Balaban J connectivity index is 1.33. The highest BCUT2D eigenvalue weighted by molar-refractivity contribution is 6.00. The zero-order valence-electron chi connectivity index (χ0n) is 20.2. The molecule has 1 fully saturated rings. The van der Waals surface area contributed by atoms with E-state index >= 15 is 0 Å². The molecule has 2 N–H and O–H groups in total. The number of hydrogen-bond acceptors (Lipinski definition) is 3. The summed E-state index contributed by atoms with van der Waals surface area (Å²) in [5.41, 5.74) is 1.90. The molecule has 4 rings (SSSR count). The molecule has 0 radical (unpaired) electrons. The van der Waals surface area contributed by atoms with E-state index in [4.69, 9.17) is 0 Å². The number of piperidine rings is 1. The van der Waals surface area contributed by atoms with Crippen LogP contribution in [-0.4, -0.2) is 41.9 Å². The second-order valence-corrected chi connectivity index (χ2v) is 9.76. The molecule has 5 nitrogen and oxygen atoms in total. The number of likely N-dealkylation sites (tertiary alicyclic amines) is 1. The van der Waals surface area contributed by atoms with Crippen molar-refractivity contribution in [2.45, 2.75) is 51.7 Å². The zero-order chi connectivity index (χ0) is 23.9. The van der Waals surface area contributed by atoms with Gasteiger partial charge in [-0.2, -0.15) is 0 Å². The van der Waals surface area contributed by atoms with Gasteiger partial charge in [0.2, 0.25) is 5.91 Å². The van der Waals surface area contributed by atoms with E-state index in [1.165, 1.54) is 5.56 Å². The molecule has 0 unspecified atom stereocenters. The number of nitrogens with zero attached hydrogens (tertiary/aromatic N) is 1. The summed E-state index contributed by atoms with van der Waals surface area (Å²) in [5, 5.41) is 8.32. The van der Waals surface area contributed by atoms with Gasteiger partial charge in [0, 0.05) is 31.2 Å². The summed E-state index contributed by atoms with van der Waals surface area (Å²) < 4.78 is 0. The number of benzene rings is 3. The van der Waals surface area contributed by atoms with E-state index in [0.29, 0.717) is 17.9 Å². The Morgan fingerprint density at radius 2 is 1.59 bits per heavy atom. The third-order valence-corrected chi connectivity index (χ3v) is 6.52. The van der Waals surface area contributed by atoms with E-state index in [9.17, 15) is 9.59 Å². The van der Waals surface area contributed by atoms with Gasteiger partial charge < -0.3 is 10.6 Å². The lowest BCUT2D eigenvalue weighted by Gasteiger charge is -2.33. The van der Waals surface area contributed by atoms with Crippen LogP contribution in [-0.2, 0) is 11.3 Å². The third kappa shape index (κ3) is 6.45. The largest absolute Gasteiger partial charge is 0.351 e. The van der Waals surface area contributed by atoms with Crippen molar-refractivity contribution in [3.05, 3.63) is 83.9 Å². The fraction of sp³-hybridized carbons (Fsp3) is 0.379. The Labute approximate surface area is 202 Å².